The van der Waals surface area contributed by atoms with Crippen LogP contribution >= 0.6 is 0 Å². The van der Waals surface area contributed by atoms with E-state index in [9.17, 15) is 4.79 Å². The lowest BCUT2D eigenvalue weighted by molar-refractivity contribution is -0.141. The van der Waals surface area contributed by atoms with Crippen LogP contribution in [0, 0.1) is 5.92 Å². The van der Waals surface area contributed by atoms with E-state index in [4.69, 9.17) is 9.84 Å². The van der Waals surface area contributed by atoms with Crippen LogP contribution in [0.3, 0.4) is 0 Å². The summed E-state index contributed by atoms with van der Waals surface area (Å²) >= 11 is 0. The van der Waals surface area contributed by atoms with Gasteiger partial charge in [-0.2, -0.15) is 0 Å². The lowest BCUT2D eigenvalue weighted by Gasteiger charge is -2.09. The van der Waals surface area contributed by atoms with Gasteiger partial charge < -0.3 is 9.84 Å². The zero-order chi connectivity index (χ0) is 8.97. The normalized spacial score (nSPS) is 29.1. The monoisotopic (exact) mass is 172 g/mol. The third-order valence-corrected chi connectivity index (χ3v) is 2.29. The summed E-state index contributed by atoms with van der Waals surface area (Å²) in [5.41, 5.74) is 0. The van der Waals surface area contributed by atoms with Crippen LogP contribution in [0.25, 0.3) is 0 Å². The molecule has 0 amide bonds. The largest absolute Gasteiger partial charge is 0.481 e. The fourth-order valence-corrected chi connectivity index (χ4v) is 1.60. The number of hydrogen-bond donors (Lipinski definition) is 1. The number of carbonyl (C=O) groups is 1. The molecule has 1 N–H and O–H groups in total. The molecule has 0 aromatic heterocycles. The molecular formula is C9H16O3. The van der Waals surface area contributed by atoms with Gasteiger partial charge in [0.25, 0.3) is 0 Å². The highest BCUT2D eigenvalue weighted by Gasteiger charge is 2.29. The van der Waals surface area contributed by atoms with E-state index in [1.807, 2.05) is 0 Å². The number of aliphatic carboxylic acids is 1. The zero-order valence-electron chi connectivity index (χ0n) is 7.45. The van der Waals surface area contributed by atoms with Gasteiger partial charge in [0.1, 0.15) is 0 Å². The second-order valence-corrected chi connectivity index (χ2v) is 3.34. The second kappa shape index (κ2) is 4.45. The standard InChI is InChI=1S/C9H16O3/c1-2-5-12-8-4-3-7(6-8)9(10)11/h7-8H,2-6H2,1H3,(H,10,11)/t7-,8-/m0/s1. The van der Waals surface area contributed by atoms with E-state index in [2.05, 4.69) is 6.92 Å². The van der Waals surface area contributed by atoms with Gasteiger partial charge in [0, 0.05) is 6.61 Å². The minimum atomic E-state index is -0.669. The highest BCUT2D eigenvalue weighted by atomic mass is 16.5. The van der Waals surface area contributed by atoms with Crippen molar-refractivity contribution in [3.8, 4) is 0 Å². The fraction of sp³-hybridized carbons (Fsp3) is 0.889. The van der Waals surface area contributed by atoms with Crippen molar-refractivity contribution >= 4 is 5.97 Å². The molecule has 1 aliphatic carbocycles. The lowest BCUT2D eigenvalue weighted by Crippen LogP contribution is -2.13. The van der Waals surface area contributed by atoms with E-state index in [0.717, 1.165) is 25.9 Å². The molecule has 0 aliphatic heterocycles. The summed E-state index contributed by atoms with van der Waals surface area (Å²) in [6.45, 7) is 2.82. The molecule has 0 spiro atoms. The SMILES string of the molecule is CCCO[C@H]1CC[C@H](C(=O)O)C1. The second-order valence-electron chi connectivity index (χ2n) is 3.34. The van der Waals surface area contributed by atoms with Crippen LogP contribution in [0.5, 0.6) is 0 Å². The maximum Gasteiger partial charge on any atom is 0.306 e. The molecule has 1 aliphatic rings. The van der Waals surface area contributed by atoms with Crippen molar-refractivity contribution in [3.63, 3.8) is 0 Å². The van der Waals surface area contributed by atoms with Crippen LogP contribution in [-0.4, -0.2) is 23.8 Å². The topological polar surface area (TPSA) is 46.5 Å². The van der Waals surface area contributed by atoms with E-state index < -0.39 is 5.97 Å². The Bertz CT molecular complexity index is 156. The quantitative estimate of drug-likeness (QED) is 0.701. The van der Waals surface area contributed by atoms with Gasteiger partial charge in [0.05, 0.1) is 12.0 Å². The van der Waals surface area contributed by atoms with Gasteiger partial charge in [-0.25, -0.2) is 0 Å². The molecule has 0 saturated heterocycles. The Kier molecular flexibility index (Phi) is 3.53. The summed E-state index contributed by atoms with van der Waals surface area (Å²) in [4.78, 5) is 10.6. The van der Waals surface area contributed by atoms with Crippen molar-refractivity contribution in [1.82, 2.24) is 0 Å². The molecule has 1 fully saturated rings. The molecule has 3 heteroatoms. The zero-order valence-corrected chi connectivity index (χ0v) is 7.45. The van der Waals surface area contributed by atoms with Gasteiger partial charge in [-0.3, -0.25) is 4.79 Å². The molecule has 70 valence electrons. The molecule has 1 saturated carbocycles. The molecule has 0 aromatic rings. The molecule has 1 rings (SSSR count). The molecule has 0 aromatic carbocycles. The lowest BCUT2D eigenvalue weighted by atomic mass is 10.1. The van der Waals surface area contributed by atoms with Gasteiger partial charge in [-0.05, 0) is 25.7 Å². The molecule has 0 unspecified atom stereocenters. The van der Waals surface area contributed by atoms with Crippen molar-refractivity contribution in [2.24, 2.45) is 5.92 Å². The van der Waals surface area contributed by atoms with Crippen LogP contribution in [0.4, 0.5) is 0 Å². The molecule has 0 radical (unpaired) electrons. The van der Waals surface area contributed by atoms with Crippen LogP contribution in [0.1, 0.15) is 32.6 Å². The van der Waals surface area contributed by atoms with E-state index in [1.54, 1.807) is 0 Å². The van der Waals surface area contributed by atoms with E-state index >= 15 is 0 Å². The summed E-state index contributed by atoms with van der Waals surface area (Å²) in [7, 11) is 0. The number of carboxylic acids is 1. The first-order valence-corrected chi connectivity index (χ1v) is 4.58. The molecule has 2 atom stereocenters. The average Bonchev–Trinajstić information content (AvgIpc) is 2.48. The van der Waals surface area contributed by atoms with Gasteiger partial charge >= 0.3 is 5.97 Å². The Morgan fingerprint density at radius 2 is 2.33 bits per heavy atom. The van der Waals surface area contributed by atoms with Gasteiger partial charge in [0.15, 0.2) is 0 Å². The summed E-state index contributed by atoms with van der Waals surface area (Å²) in [6.07, 6.45) is 3.61. The van der Waals surface area contributed by atoms with Crippen molar-refractivity contribution in [1.29, 1.82) is 0 Å². The first-order chi connectivity index (χ1) is 5.74. The molecule has 12 heavy (non-hydrogen) atoms. The van der Waals surface area contributed by atoms with Crippen molar-refractivity contribution in [3.05, 3.63) is 0 Å². The Labute approximate surface area is 72.7 Å². The Hall–Kier alpha value is -0.570. The van der Waals surface area contributed by atoms with Crippen molar-refractivity contribution < 1.29 is 14.6 Å². The summed E-state index contributed by atoms with van der Waals surface area (Å²) in [5, 5.41) is 8.70. The highest BCUT2D eigenvalue weighted by Crippen LogP contribution is 2.27. The smallest absolute Gasteiger partial charge is 0.306 e. The Morgan fingerprint density at radius 1 is 1.58 bits per heavy atom. The summed E-state index contributed by atoms with van der Waals surface area (Å²) in [5.74, 6) is -0.829. The third kappa shape index (κ3) is 2.48. The Balaban J connectivity index is 2.21. The first-order valence-electron chi connectivity index (χ1n) is 4.58. The predicted molar refractivity (Wildman–Crippen MR) is 45.0 cm³/mol. The summed E-state index contributed by atoms with van der Waals surface area (Å²) in [6, 6.07) is 0. The molecule has 3 nitrogen and oxygen atoms in total. The molecule has 0 bridgehead atoms. The minimum absolute atomic E-state index is 0.160. The van der Waals surface area contributed by atoms with E-state index in [1.165, 1.54) is 0 Å². The van der Waals surface area contributed by atoms with Crippen LogP contribution in [0.15, 0.2) is 0 Å². The number of ether oxygens (including phenoxy) is 1. The maximum atomic E-state index is 10.6. The van der Waals surface area contributed by atoms with Gasteiger partial charge in [-0.15, -0.1) is 0 Å². The van der Waals surface area contributed by atoms with E-state index in [0.29, 0.717) is 6.42 Å². The van der Waals surface area contributed by atoms with Gasteiger partial charge in [-0.1, -0.05) is 6.92 Å². The number of carboxylic acid groups (broad SMARTS) is 1. The predicted octanol–water partition coefficient (Wildman–Crippen LogP) is 1.67. The maximum absolute atomic E-state index is 10.6. The van der Waals surface area contributed by atoms with Crippen LogP contribution in [0.2, 0.25) is 0 Å². The molecule has 0 heterocycles. The van der Waals surface area contributed by atoms with Crippen LogP contribution < -0.4 is 0 Å². The summed E-state index contributed by atoms with van der Waals surface area (Å²) < 4.78 is 5.47. The minimum Gasteiger partial charge on any atom is -0.481 e. The average molecular weight is 172 g/mol. The Morgan fingerprint density at radius 3 is 2.83 bits per heavy atom. The number of hydrogen-bond acceptors (Lipinski definition) is 2. The first kappa shape index (κ1) is 9.52. The van der Waals surface area contributed by atoms with Crippen molar-refractivity contribution in [2.75, 3.05) is 6.61 Å². The fourth-order valence-electron chi connectivity index (χ4n) is 1.60. The van der Waals surface area contributed by atoms with Crippen molar-refractivity contribution in [2.45, 2.75) is 38.7 Å². The van der Waals surface area contributed by atoms with Crippen LogP contribution in [-0.2, 0) is 9.53 Å². The molecular weight excluding hydrogens is 156 g/mol. The number of rotatable bonds is 4. The third-order valence-electron chi connectivity index (χ3n) is 2.29. The van der Waals surface area contributed by atoms with E-state index in [-0.39, 0.29) is 12.0 Å². The van der Waals surface area contributed by atoms with Gasteiger partial charge in [0.2, 0.25) is 0 Å². The highest BCUT2D eigenvalue weighted by molar-refractivity contribution is 5.70.